The number of anilines is 1. The van der Waals surface area contributed by atoms with E-state index in [1.54, 1.807) is 9.58 Å². The molecule has 0 bridgehead atoms. The molecule has 0 aliphatic heterocycles. The summed E-state index contributed by atoms with van der Waals surface area (Å²) >= 11 is 0. The number of carbonyl (C=O) groups excluding carboxylic acids is 2. The second kappa shape index (κ2) is 13.2. The van der Waals surface area contributed by atoms with Gasteiger partial charge in [-0.2, -0.15) is 5.10 Å². The third kappa shape index (κ3) is 8.88. The lowest BCUT2D eigenvalue weighted by molar-refractivity contribution is -0.135. The maximum atomic E-state index is 13.3. The van der Waals surface area contributed by atoms with Gasteiger partial charge in [-0.1, -0.05) is 96.0 Å². The van der Waals surface area contributed by atoms with Crippen LogP contribution in [0.1, 0.15) is 66.7 Å². The lowest BCUT2D eigenvalue weighted by Gasteiger charge is -2.27. The molecular weight excluding hydrogens is 460 g/mol. The number of nitrogens with one attached hydrogen (secondary N) is 1. The fourth-order valence-corrected chi connectivity index (χ4v) is 4.73. The van der Waals surface area contributed by atoms with Gasteiger partial charge in [0.15, 0.2) is 0 Å². The van der Waals surface area contributed by atoms with Crippen molar-refractivity contribution < 1.29 is 9.59 Å². The average molecular weight is 503 g/mol. The zero-order chi connectivity index (χ0) is 26.8. The number of aromatic nitrogens is 2. The van der Waals surface area contributed by atoms with Gasteiger partial charge in [0.25, 0.3) is 0 Å². The van der Waals surface area contributed by atoms with Gasteiger partial charge in [0.05, 0.1) is 17.9 Å². The van der Waals surface area contributed by atoms with Gasteiger partial charge in [0.1, 0.15) is 5.82 Å². The quantitative estimate of drug-likeness (QED) is 0.272. The van der Waals surface area contributed by atoms with E-state index in [2.05, 4.69) is 39.9 Å². The Morgan fingerprint density at radius 1 is 1.00 bits per heavy atom. The van der Waals surface area contributed by atoms with Crippen LogP contribution in [0.25, 0.3) is 16.9 Å². The highest BCUT2D eigenvalue weighted by Crippen LogP contribution is 2.27. The molecule has 2 aromatic carbocycles. The SMILES string of the molecule is CCCCCN(CC(=O)Nc1cc(-c2ccccc2)nn1-c1ccccc1)C(=O)CC(C)CC(C)(C)C. The van der Waals surface area contributed by atoms with Crippen LogP contribution in [0.5, 0.6) is 0 Å². The number of benzene rings is 2. The first-order valence-corrected chi connectivity index (χ1v) is 13.4. The van der Waals surface area contributed by atoms with Crippen LogP contribution in [-0.4, -0.2) is 39.6 Å². The molecule has 3 aromatic rings. The van der Waals surface area contributed by atoms with Crippen LogP contribution in [0.4, 0.5) is 5.82 Å². The zero-order valence-corrected chi connectivity index (χ0v) is 23.0. The van der Waals surface area contributed by atoms with Crippen molar-refractivity contribution in [2.24, 2.45) is 11.3 Å². The number of hydrogen-bond donors (Lipinski definition) is 1. The van der Waals surface area contributed by atoms with E-state index in [1.165, 1.54) is 0 Å². The number of carbonyl (C=O) groups is 2. The normalized spacial score (nSPS) is 12.2. The molecule has 0 saturated carbocycles. The summed E-state index contributed by atoms with van der Waals surface area (Å²) < 4.78 is 1.74. The molecule has 0 aliphatic carbocycles. The maximum Gasteiger partial charge on any atom is 0.245 e. The van der Waals surface area contributed by atoms with Crippen molar-refractivity contribution in [1.82, 2.24) is 14.7 Å². The topological polar surface area (TPSA) is 67.2 Å². The molecule has 6 heteroatoms. The van der Waals surface area contributed by atoms with Crippen molar-refractivity contribution in [3.8, 4) is 16.9 Å². The standard InChI is InChI=1S/C31H42N4O2/c1-6-7-14-19-34(30(37)20-24(2)22-31(3,4)5)23-29(36)32-28-21-27(25-15-10-8-11-16-25)33-35(28)26-17-12-9-13-18-26/h8-13,15-18,21,24H,6-7,14,19-20,22-23H2,1-5H3,(H,32,36). The Hall–Kier alpha value is -3.41. The predicted molar refractivity (Wildman–Crippen MR) is 152 cm³/mol. The van der Waals surface area contributed by atoms with Crippen molar-refractivity contribution >= 4 is 17.6 Å². The van der Waals surface area contributed by atoms with E-state index in [0.29, 0.717) is 18.8 Å². The van der Waals surface area contributed by atoms with Crippen LogP contribution in [0, 0.1) is 11.3 Å². The summed E-state index contributed by atoms with van der Waals surface area (Å²) in [4.78, 5) is 28.2. The molecule has 37 heavy (non-hydrogen) atoms. The Morgan fingerprint density at radius 3 is 2.27 bits per heavy atom. The first kappa shape index (κ1) is 28.2. The van der Waals surface area contributed by atoms with E-state index in [4.69, 9.17) is 5.10 Å². The monoisotopic (exact) mass is 502 g/mol. The molecule has 0 fully saturated rings. The maximum absolute atomic E-state index is 13.3. The van der Waals surface area contributed by atoms with Gasteiger partial charge in [-0.05, 0) is 36.3 Å². The number of rotatable bonds is 12. The minimum absolute atomic E-state index is 0.0332. The molecule has 3 rings (SSSR count). The zero-order valence-electron chi connectivity index (χ0n) is 23.0. The molecule has 2 amide bonds. The number of para-hydroxylation sites is 1. The number of unbranched alkanes of at least 4 members (excludes halogenated alkanes) is 2. The first-order valence-electron chi connectivity index (χ1n) is 13.4. The van der Waals surface area contributed by atoms with Crippen molar-refractivity contribution in [2.75, 3.05) is 18.4 Å². The van der Waals surface area contributed by atoms with E-state index in [9.17, 15) is 9.59 Å². The van der Waals surface area contributed by atoms with Crippen LogP contribution < -0.4 is 5.32 Å². The Labute approximate surface area is 222 Å². The lowest BCUT2D eigenvalue weighted by Crippen LogP contribution is -2.39. The van der Waals surface area contributed by atoms with Gasteiger partial charge >= 0.3 is 0 Å². The van der Waals surface area contributed by atoms with Gasteiger partial charge in [0.2, 0.25) is 11.8 Å². The van der Waals surface area contributed by atoms with E-state index in [1.807, 2.05) is 66.7 Å². The van der Waals surface area contributed by atoms with Crippen LogP contribution in [0.2, 0.25) is 0 Å². The number of nitrogens with zero attached hydrogens (tertiary/aromatic N) is 3. The molecule has 0 aliphatic rings. The van der Waals surface area contributed by atoms with E-state index in [-0.39, 0.29) is 29.7 Å². The summed E-state index contributed by atoms with van der Waals surface area (Å²) in [5.41, 5.74) is 2.76. The highest BCUT2D eigenvalue weighted by molar-refractivity contribution is 5.94. The molecule has 6 nitrogen and oxygen atoms in total. The Kier molecular flexibility index (Phi) is 10.1. The summed E-state index contributed by atoms with van der Waals surface area (Å²) in [5, 5.41) is 7.81. The summed E-state index contributed by atoms with van der Waals surface area (Å²) in [6.07, 6.45) is 4.41. The van der Waals surface area contributed by atoms with Crippen molar-refractivity contribution in [3.63, 3.8) is 0 Å². The minimum atomic E-state index is -0.218. The van der Waals surface area contributed by atoms with Crippen molar-refractivity contribution in [1.29, 1.82) is 0 Å². The Bertz CT molecular complexity index is 1130. The molecule has 1 unspecified atom stereocenters. The molecule has 1 heterocycles. The van der Waals surface area contributed by atoms with Crippen molar-refractivity contribution in [2.45, 2.75) is 66.7 Å². The largest absolute Gasteiger partial charge is 0.333 e. The predicted octanol–water partition coefficient (Wildman–Crippen LogP) is 6.96. The van der Waals surface area contributed by atoms with Crippen LogP contribution >= 0.6 is 0 Å². The summed E-state index contributed by atoms with van der Waals surface area (Å²) in [7, 11) is 0. The summed E-state index contributed by atoms with van der Waals surface area (Å²) in [6, 6.07) is 21.5. The molecule has 0 saturated heterocycles. The summed E-state index contributed by atoms with van der Waals surface area (Å²) in [5.74, 6) is 0.670. The summed E-state index contributed by atoms with van der Waals surface area (Å²) in [6.45, 7) is 11.5. The molecule has 198 valence electrons. The molecule has 1 atom stereocenters. The molecule has 0 spiro atoms. The van der Waals surface area contributed by atoms with E-state index >= 15 is 0 Å². The third-order valence-corrected chi connectivity index (χ3v) is 6.25. The first-order chi connectivity index (χ1) is 17.7. The molecule has 1 aromatic heterocycles. The smallest absolute Gasteiger partial charge is 0.245 e. The minimum Gasteiger partial charge on any atom is -0.333 e. The van der Waals surface area contributed by atoms with Gasteiger partial charge in [0, 0.05) is 24.6 Å². The Morgan fingerprint density at radius 2 is 1.65 bits per heavy atom. The van der Waals surface area contributed by atoms with Gasteiger partial charge in [-0.15, -0.1) is 0 Å². The van der Waals surface area contributed by atoms with Crippen LogP contribution in [0.15, 0.2) is 66.7 Å². The average Bonchev–Trinajstić information content (AvgIpc) is 3.27. The number of hydrogen-bond acceptors (Lipinski definition) is 3. The van der Waals surface area contributed by atoms with E-state index < -0.39 is 0 Å². The van der Waals surface area contributed by atoms with Gasteiger partial charge < -0.3 is 10.2 Å². The van der Waals surface area contributed by atoms with E-state index in [0.717, 1.165) is 42.6 Å². The highest BCUT2D eigenvalue weighted by atomic mass is 16.2. The molecule has 1 N–H and O–H groups in total. The van der Waals surface area contributed by atoms with Crippen LogP contribution in [0.3, 0.4) is 0 Å². The lowest BCUT2D eigenvalue weighted by atomic mass is 9.84. The highest BCUT2D eigenvalue weighted by Gasteiger charge is 2.23. The Balaban J connectivity index is 1.78. The van der Waals surface area contributed by atoms with Crippen molar-refractivity contribution in [3.05, 3.63) is 66.7 Å². The van der Waals surface area contributed by atoms with Gasteiger partial charge in [-0.25, -0.2) is 4.68 Å². The fourth-order valence-electron chi connectivity index (χ4n) is 4.73. The fraction of sp³-hybridized carbons (Fsp3) is 0.452. The molecular formula is C31H42N4O2. The molecule has 0 radical (unpaired) electrons. The third-order valence-electron chi connectivity index (χ3n) is 6.25. The van der Waals surface area contributed by atoms with Crippen LogP contribution in [-0.2, 0) is 9.59 Å². The number of amides is 2. The second-order valence-electron chi connectivity index (χ2n) is 11.2. The van der Waals surface area contributed by atoms with Gasteiger partial charge in [-0.3, -0.25) is 9.59 Å². The second-order valence-corrected chi connectivity index (χ2v) is 11.2.